The summed E-state index contributed by atoms with van der Waals surface area (Å²) in [6.07, 6.45) is 0. The van der Waals surface area contributed by atoms with E-state index in [1.165, 1.54) is 0 Å². The molecule has 0 fully saturated rings. The van der Waals surface area contributed by atoms with Gasteiger partial charge in [0.2, 0.25) is 0 Å². The molecule has 0 aliphatic heterocycles. The van der Waals surface area contributed by atoms with E-state index in [4.69, 9.17) is 4.74 Å². The number of anilines is 1. The van der Waals surface area contributed by atoms with Gasteiger partial charge in [0.25, 0.3) is 5.91 Å². The van der Waals surface area contributed by atoms with Crippen LogP contribution >= 0.6 is 0 Å². The third-order valence-corrected chi connectivity index (χ3v) is 4.20. The Hall–Kier alpha value is -3.08. The van der Waals surface area contributed by atoms with Gasteiger partial charge in [-0.25, -0.2) is 4.68 Å². The van der Waals surface area contributed by atoms with E-state index < -0.39 is 0 Å². The van der Waals surface area contributed by atoms with Crippen LogP contribution in [0.3, 0.4) is 0 Å². The zero-order valence-corrected chi connectivity index (χ0v) is 14.8. The van der Waals surface area contributed by atoms with Crippen LogP contribution in [0.4, 0.5) is 5.69 Å². The zero-order chi connectivity index (χ0) is 18.0. The maximum absolute atomic E-state index is 12.8. The lowest BCUT2D eigenvalue weighted by molar-refractivity contribution is 0.102. The highest BCUT2D eigenvalue weighted by atomic mass is 16.5. The fourth-order valence-corrected chi connectivity index (χ4v) is 2.88. The molecule has 1 aromatic heterocycles. The van der Waals surface area contributed by atoms with Gasteiger partial charge in [0, 0.05) is 5.69 Å². The molecular weight excluding hydrogens is 314 g/mol. The standard InChI is InChI=1S/C20H21N3O2/c1-13-12-17(25-4)10-11-18(13)21-20(24)19-14(2)22-23(15(19)3)16-8-6-5-7-9-16/h5-12H,1-4H3,(H,21,24). The summed E-state index contributed by atoms with van der Waals surface area (Å²) in [6, 6.07) is 15.4. The molecule has 0 bridgehead atoms. The zero-order valence-electron chi connectivity index (χ0n) is 14.8. The second-order valence-electron chi connectivity index (χ2n) is 5.93. The first-order valence-corrected chi connectivity index (χ1v) is 8.09. The molecule has 5 nitrogen and oxygen atoms in total. The second kappa shape index (κ2) is 6.81. The van der Waals surface area contributed by atoms with Crippen molar-refractivity contribution in [3.05, 3.63) is 71.0 Å². The average molecular weight is 335 g/mol. The van der Waals surface area contributed by atoms with Gasteiger partial charge in [0.1, 0.15) is 5.75 Å². The number of nitrogens with zero attached hydrogens (tertiary/aromatic N) is 2. The average Bonchev–Trinajstić information content (AvgIpc) is 2.92. The number of aromatic nitrogens is 2. The number of ether oxygens (including phenoxy) is 1. The third-order valence-electron chi connectivity index (χ3n) is 4.20. The van der Waals surface area contributed by atoms with E-state index in [-0.39, 0.29) is 5.91 Å². The van der Waals surface area contributed by atoms with E-state index in [0.717, 1.165) is 28.4 Å². The summed E-state index contributed by atoms with van der Waals surface area (Å²) < 4.78 is 7.00. The van der Waals surface area contributed by atoms with Crippen LogP contribution in [0.25, 0.3) is 5.69 Å². The topological polar surface area (TPSA) is 56.1 Å². The van der Waals surface area contributed by atoms with Crippen molar-refractivity contribution in [2.24, 2.45) is 0 Å². The molecule has 0 saturated carbocycles. The molecule has 2 aromatic carbocycles. The maximum Gasteiger partial charge on any atom is 0.259 e. The van der Waals surface area contributed by atoms with Crippen molar-refractivity contribution in [1.29, 1.82) is 0 Å². The molecule has 0 radical (unpaired) electrons. The molecule has 0 saturated heterocycles. The molecular formula is C20H21N3O2. The first kappa shape index (κ1) is 16.8. The molecule has 0 spiro atoms. The first-order chi connectivity index (χ1) is 12.0. The van der Waals surface area contributed by atoms with Crippen LogP contribution in [-0.4, -0.2) is 22.8 Å². The van der Waals surface area contributed by atoms with Gasteiger partial charge in [-0.1, -0.05) is 18.2 Å². The fourth-order valence-electron chi connectivity index (χ4n) is 2.88. The SMILES string of the molecule is COc1ccc(NC(=O)c2c(C)nn(-c3ccccc3)c2C)c(C)c1. The van der Waals surface area contributed by atoms with Gasteiger partial charge in [-0.3, -0.25) is 4.79 Å². The van der Waals surface area contributed by atoms with Crippen LogP contribution in [0.2, 0.25) is 0 Å². The van der Waals surface area contributed by atoms with E-state index in [1.807, 2.05) is 69.3 Å². The summed E-state index contributed by atoms with van der Waals surface area (Å²) in [5, 5.41) is 7.51. The van der Waals surface area contributed by atoms with Crippen molar-refractivity contribution < 1.29 is 9.53 Å². The van der Waals surface area contributed by atoms with Crippen molar-refractivity contribution in [1.82, 2.24) is 9.78 Å². The Morgan fingerprint density at radius 2 is 1.80 bits per heavy atom. The van der Waals surface area contributed by atoms with Gasteiger partial charge in [0.05, 0.1) is 29.7 Å². The van der Waals surface area contributed by atoms with Gasteiger partial charge in [-0.15, -0.1) is 0 Å². The van der Waals surface area contributed by atoms with E-state index in [1.54, 1.807) is 11.8 Å². The highest BCUT2D eigenvalue weighted by molar-refractivity contribution is 6.06. The normalized spacial score (nSPS) is 10.6. The lowest BCUT2D eigenvalue weighted by atomic mass is 10.1. The molecule has 128 valence electrons. The molecule has 5 heteroatoms. The summed E-state index contributed by atoms with van der Waals surface area (Å²) in [7, 11) is 1.62. The monoisotopic (exact) mass is 335 g/mol. The Morgan fingerprint density at radius 1 is 1.08 bits per heavy atom. The smallest absolute Gasteiger partial charge is 0.259 e. The van der Waals surface area contributed by atoms with E-state index in [0.29, 0.717) is 11.3 Å². The summed E-state index contributed by atoms with van der Waals surface area (Å²) in [5.74, 6) is 0.602. The van der Waals surface area contributed by atoms with E-state index in [9.17, 15) is 4.79 Å². The van der Waals surface area contributed by atoms with Crippen LogP contribution < -0.4 is 10.1 Å². The van der Waals surface area contributed by atoms with Gasteiger partial charge in [0.15, 0.2) is 0 Å². The largest absolute Gasteiger partial charge is 0.497 e. The lowest BCUT2D eigenvalue weighted by Gasteiger charge is -2.10. The molecule has 25 heavy (non-hydrogen) atoms. The molecule has 1 heterocycles. The fraction of sp³-hybridized carbons (Fsp3) is 0.200. The van der Waals surface area contributed by atoms with Crippen LogP contribution in [-0.2, 0) is 0 Å². The first-order valence-electron chi connectivity index (χ1n) is 8.09. The second-order valence-corrected chi connectivity index (χ2v) is 5.93. The van der Waals surface area contributed by atoms with Crippen molar-refractivity contribution >= 4 is 11.6 Å². The number of methoxy groups -OCH3 is 1. The lowest BCUT2D eigenvalue weighted by Crippen LogP contribution is -2.15. The number of hydrogen-bond acceptors (Lipinski definition) is 3. The van der Waals surface area contributed by atoms with Crippen molar-refractivity contribution in [2.45, 2.75) is 20.8 Å². The van der Waals surface area contributed by atoms with E-state index in [2.05, 4.69) is 10.4 Å². The molecule has 0 atom stereocenters. The van der Waals surface area contributed by atoms with Gasteiger partial charge in [-0.05, 0) is 56.7 Å². The molecule has 1 N–H and O–H groups in total. The highest BCUT2D eigenvalue weighted by Gasteiger charge is 2.20. The number of amides is 1. The number of hydrogen-bond donors (Lipinski definition) is 1. The van der Waals surface area contributed by atoms with Crippen molar-refractivity contribution in [3.8, 4) is 11.4 Å². The number of carbonyl (C=O) groups is 1. The summed E-state index contributed by atoms with van der Waals surface area (Å²) >= 11 is 0. The number of carbonyl (C=O) groups excluding carboxylic acids is 1. The molecule has 3 rings (SSSR count). The predicted octanol–water partition coefficient (Wildman–Crippen LogP) is 4.06. The number of para-hydroxylation sites is 1. The Balaban J connectivity index is 1.92. The minimum Gasteiger partial charge on any atom is -0.497 e. The minimum absolute atomic E-state index is 0.162. The number of rotatable bonds is 4. The number of nitrogens with one attached hydrogen (secondary N) is 1. The van der Waals surface area contributed by atoms with E-state index >= 15 is 0 Å². The van der Waals surface area contributed by atoms with Crippen LogP contribution in [0, 0.1) is 20.8 Å². The molecule has 0 aliphatic rings. The maximum atomic E-state index is 12.8. The van der Waals surface area contributed by atoms with Crippen molar-refractivity contribution in [3.63, 3.8) is 0 Å². The Labute approximate surface area is 147 Å². The van der Waals surface area contributed by atoms with Crippen molar-refractivity contribution in [2.75, 3.05) is 12.4 Å². The Kier molecular flexibility index (Phi) is 4.57. The van der Waals surface area contributed by atoms with Crippen LogP contribution in [0.1, 0.15) is 27.3 Å². The van der Waals surface area contributed by atoms with Crippen LogP contribution in [0.15, 0.2) is 48.5 Å². The van der Waals surface area contributed by atoms with Gasteiger partial charge >= 0.3 is 0 Å². The summed E-state index contributed by atoms with van der Waals surface area (Å²) in [6.45, 7) is 5.69. The quantitative estimate of drug-likeness (QED) is 0.782. The Bertz CT molecular complexity index is 914. The Morgan fingerprint density at radius 3 is 2.44 bits per heavy atom. The number of aryl methyl sites for hydroxylation is 2. The summed E-state index contributed by atoms with van der Waals surface area (Å²) in [4.78, 5) is 12.8. The molecule has 3 aromatic rings. The third kappa shape index (κ3) is 3.26. The number of benzene rings is 2. The molecule has 1 amide bonds. The van der Waals surface area contributed by atoms with Crippen LogP contribution in [0.5, 0.6) is 5.75 Å². The molecule has 0 unspecified atom stereocenters. The van der Waals surface area contributed by atoms with Gasteiger partial charge in [-0.2, -0.15) is 5.10 Å². The predicted molar refractivity (Wildman–Crippen MR) is 98.7 cm³/mol. The minimum atomic E-state index is -0.162. The summed E-state index contributed by atoms with van der Waals surface area (Å²) in [5.41, 5.74) is 4.75. The molecule has 0 aliphatic carbocycles. The highest BCUT2D eigenvalue weighted by Crippen LogP contribution is 2.23. The van der Waals surface area contributed by atoms with Gasteiger partial charge < -0.3 is 10.1 Å².